The van der Waals surface area contributed by atoms with Gasteiger partial charge in [-0.3, -0.25) is 11.3 Å². The van der Waals surface area contributed by atoms with Gasteiger partial charge in [0.15, 0.2) is 0 Å². The normalized spacial score (nSPS) is 17.7. The predicted molar refractivity (Wildman–Crippen MR) is 85.6 cm³/mol. The monoisotopic (exact) mass is 302 g/mol. The van der Waals surface area contributed by atoms with Crippen molar-refractivity contribution in [3.8, 4) is 5.75 Å². The van der Waals surface area contributed by atoms with E-state index in [1.54, 1.807) is 0 Å². The van der Waals surface area contributed by atoms with Crippen LogP contribution in [0.5, 0.6) is 5.75 Å². The molecule has 3 nitrogen and oxygen atoms in total. The quantitative estimate of drug-likeness (QED) is 0.636. The van der Waals surface area contributed by atoms with E-state index < -0.39 is 0 Å². The number of ether oxygens (including phenoxy) is 1. The maximum atomic E-state index is 5.95. The molecule has 21 heavy (non-hydrogen) atoms. The molecule has 0 radical (unpaired) electrons. The Kier molecular flexibility index (Phi) is 4.44. The highest BCUT2D eigenvalue weighted by Crippen LogP contribution is 2.37. The van der Waals surface area contributed by atoms with Gasteiger partial charge in [0, 0.05) is 5.02 Å². The highest BCUT2D eigenvalue weighted by atomic mass is 35.5. The van der Waals surface area contributed by atoms with Crippen LogP contribution in [0, 0.1) is 0 Å². The number of fused-ring (bicyclic) bond motifs is 1. The zero-order chi connectivity index (χ0) is 14.7. The molecule has 4 heteroatoms. The third-order valence-corrected chi connectivity index (χ3v) is 4.25. The predicted octanol–water partition coefficient (Wildman–Crippen LogP) is 3.28. The molecule has 3 N–H and O–H groups in total. The van der Waals surface area contributed by atoms with Crippen molar-refractivity contribution in [3.63, 3.8) is 0 Å². The molecule has 1 aliphatic carbocycles. The Morgan fingerprint density at radius 3 is 2.86 bits per heavy atom. The Bertz CT molecular complexity index is 617. The van der Waals surface area contributed by atoms with Crippen molar-refractivity contribution >= 4 is 11.6 Å². The first-order chi connectivity index (χ1) is 10.3. The van der Waals surface area contributed by atoms with Crippen LogP contribution in [0.3, 0.4) is 0 Å². The van der Waals surface area contributed by atoms with Crippen molar-refractivity contribution in [3.05, 3.63) is 64.7 Å². The summed E-state index contributed by atoms with van der Waals surface area (Å²) in [6.07, 6.45) is 2.11. The van der Waals surface area contributed by atoms with Gasteiger partial charge in [-0.15, -0.1) is 0 Å². The van der Waals surface area contributed by atoms with Gasteiger partial charge < -0.3 is 4.74 Å². The Morgan fingerprint density at radius 1 is 1.24 bits per heavy atom. The topological polar surface area (TPSA) is 47.3 Å². The molecule has 3 rings (SSSR count). The van der Waals surface area contributed by atoms with Crippen LogP contribution < -0.4 is 16.0 Å². The lowest BCUT2D eigenvalue weighted by atomic mass is 9.74. The number of hydrogen-bond donors (Lipinski definition) is 2. The van der Waals surface area contributed by atoms with Crippen molar-refractivity contribution in [2.75, 3.05) is 6.61 Å². The van der Waals surface area contributed by atoms with E-state index in [1.165, 1.54) is 11.1 Å². The average Bonchev–Trinajstić information content (AvgIpc) is 2.48. The summed E-state index contributed by atoms with van der Waals surface area (Å²) in [5.41, 5.74) is 5.76. The Balaban J connectivity index is 1.55. The van der Waals surface area contributed by atoms with E-state index in [9.17, 15) is 0 Å². The van der Waals surface area contributed by atoms with Crippen LogP contribution in [0.25, 0.3) is 0 Å². The van der Waals surface area contributed by atoms with Gasteiger partial charge in [-0.25, -0.2) is 0 Å². The van der Waals surface area contributed by atoms with E-state index in [1.807, 2.05) is 24.3 Å². The summed E-state index contributed by atoms with van der Waals surface area (Å²) in [7, 11) is 0. The lowest BCUT2D eigenvalue weighted by Crippen LogP contribution is -2.41. The van der Waals surface area contributed by atoms with Crippen LogP contribution in [0.2, 0.25) is 5.02 Å². The fourth-order valence-electron chi connectivity index (χ4n) is 2.85. The molecule has 0 spiro atoms. The second kappa shape index (κ2) is 6.48. The fraction of sp³-hybridized carbons (Fsp3) is 0.294. The van der Waals surface area contributed by atoms with E-state index in [4.69, 9.17) is 22.2 Å². The number of benzene rings is 2. The minimum atomic E-state index is 0.127. The van der Waals surface area contributed by atoms with Crippen LogP contribution in [0.4, 0.5) is 0 Å². The molecule has 0 saturated carbocycles. The van der Waals surface area contributed by atoms with Crippen LogP contribution in [-0.2, 0) is 6.42 Å². The molecule has 2 atom stereocenters. The maximum Gasteiger partial charge on any atom is 0.120 e. The molecule has 2 unspecified atom stereocenters. The summed E-state index contributed by atoms with van der Waals surface area (Å²) in [5.74, 6) is 7.01. The van der Waals surface area contributed by atoms with E-state index in [0.717, 1.165) is 18.6 Å². The van der Waals surface area contributed by atoms with Crippen LogP contribution in [0.1, 0.15) is 23.5 Å². The summed E-state index contributed by atoms with van der Waals surface area (Å²) in [4.78, 5) is 0. The largest absolute Gasteiger partial charge is 0.492 e. The summed E-state index contributed by atoms with van der Waals surface area (Å²) in [5, 5.41) is 0.678. The molecule has 0 aromatic heterocycles. The highest BCUT2D eigenvalue weighted by molar-refractivity contribution is 6.30. The van der Waals surface area contributed by atoms with E-state index in [0.29, 0.717) is 17.5 Å². The van der Waals surface area contributed by atoms with E-state index in [-0.39, 0.29) is 6.04 Å². The van der Waals surface area contributed by atoms with Gasteiger partial charge in [-0.2, -0.15) is 0 Å². The van der Waals surface area contributed by atoms with Crippen molar-refractivity contribution in [1.29, 1.82) is 0 Å². The molecule has 0 amide bonds. The summed E-state index contributed by atoms with van der Waals surface area (Å²) in [6.45, 7) is 0.537. The Labute approximate surface area is 130 Å². The van der Waals surface area contributed by atoms with Crippen molar-refractivity contribution in [1.82, 2.24) is 5.43 Å². The van der Waals surface area contributed by atoms with Gasteiger partial charge in [0.1, 0.15) is 12.4 Å². The number of hydrogen-bond acceptors (Lipinski definition) is 3. The van der Waals surface area contributed by atoms with Gasteiger partial charge in [0.2, 0.25) is 0 Å². The van der Waals surface area contributed by atoms with Crippen LogP contribution >= 0.6 is 11.6 Å². The Morgan fingerprint density at radius 2 is 2.10 bits per heavy atom. The Hall–Kier alpha value is -1.55. The molecule has 0 saturated heterocycles. The highest BCUT2D eigenvalue weighted by Gasteiger charge is 2.27. The summed E-state index contributed by atoms with van der Waals surface area (Å²) in [6, 6.07) is 16.1. The first kappa shape index (κ1) is 14.4. The summed E-state index contributed by atoms with van der Waals surface area (Å²) < 4.78 is 5.77. The lowest BCUT2D eigenvalue weighted by Gasteiger charge is -2.32. The molecule has 0 aliphatic heterocycles. The third-order valence-electron chi connectivity index (χ3n) is 4.01. The maximum absolute atomic E-state index is 5.95. The fourth-order valence-corrected chi connectivity index (χ4v) is 3.03. The standard InChI is InChI=1S/C17H19ClN2O/c18-14-5-3-6-16(10-14)21-11-15(20-19)9-13-8-12-4-1-2-7-17(12)13/h1-7,10,13,15,20H,8-9,11,19H2. The molecular weight excluding hydrogens is 284 g/mol. The summed E-state index contributed by atoms with van der Waals surface area (Å²) >= 11 is 5.95. The van der Waals surface area contributed by atoms with Crippen molar-refractivity contribution in [2.45, 2.75) is 24.8 Å². The number of rotatable bonds is 6. The SMILES string of the molecule is NNC(COc1cccc(Cl)c1)CC1Cc2ccccc21. The molecule has 0 heterocycles. The average molecular weight is 303 g/mol. The lowest BCUT2D eigenvalue weighted by molar-refractivity contribution is 0.247. The van der Waals surface area contributed by atoms with Crippen LogP contribution in [0.15, 0.2) is 48.5 Å². The van der Waals surface area contributed by atoms with E-state index in [2.05, 4.69) is 29.7 Å². The molecule has 2 aromatic rings. The molecule has 110 valence electrons. The molecule has 0 fully saturated rings. The number of nitrogens with one attached hydrogen (secondary N) is 1. The molecule has 0 bridgehead atoms. The first-order valence-electron chi connectivity index (χ1n) is 7.18. The third kappa shape index (κ3) is 3.38. The minimum Gasteiger partial charge on any atom is -0.492 e. The van der Waals surface area contributed by atoms with Crippen molar-refractivity contribution < 1.29 is 4.74 Å². The van der Waals surface area contributed by atoms with Gasteiger partial charge in [-0.1, -0.05) is 41.9 Å². The minimum absolute atomic E-state index is 0.127. The zero-order valence-corrected chi connectivity index (χ0v) is 12.5. The second-order valence-electron chi connectivity index (χ2n) is 5.47. The molecule has 2 aromatic carbocycles. The van der Waals surface area contributed by atoms with Gasteiger partial charge in [0.25, 0.3) is 0 Å². The number of halogens is 1. The first-order valence-corrected chi connectivity index (χ1v) is 7.56. The van der Waals surface area contributed by atoms with Gasteiger partial charge >= 0.3 is 0 Å². The second-order valence-corrected chi connectivity index (χ2v) is 5.90. The van der Waals surface area contributed by atoms with Crippen molar-refractivity contribution in [2.24, 2.45) is 5.84 Å². The molecular formula is C17H19ClN2O. The smallest absolute Gasteiger partial charge is 0.120 e. The zero-order valence-electron chi connectivity index (χ0n) is 11.8. The number of hydrazine groups is 1. The van der Waals surface area contributed by atoms with Gasteiger partial charge in [-0.05, 0) is 48.1 Å². The van der Waals surface area contributed by atoms with Gasteiger partial charge in [0.05, 0.1) is 6.04 Å². The molecule has 1 aliphatic rings. The van der Waals surface area contributed by atoms with Crippen LogP contribution in [-0.4, -0.2) is 12.6 Å². The van der Waals surface area contributed by atoms with E-state index >= 15 is 0 Å². The number of nitrogens with two attached hydrogens (primary N) is 1.